The maximum absolute atomic E-state index is 6.31. The van der Waals surface area contributed by atoms with Gasteiger partial charge in [-0.2, -0.15) is 0 Å². The van der Waals surface area contributed by atoms with Crippen LogP contribution >= 0.6 is 23.2 Å². The van der Waals surface area contributed by atoms with Crippen LogP contribution in [0.4, 0.5) is 0 Å². The zero-order valence-corrected chi connectivity index (χ0v) is 17.4. The van der Waals surface area contributed by atoms with E-state index in [4.69, 9.17) is 33.2 Å². The van der Waals surface area contributed by atoms with E-state index in [-0.39, 0.29) is 5.41 Å². The van der Waals surface area contributed by atoms with Crippen molar-refractivity contribution in [1.29, 1.82) is 0 Å². The maximum atomic E-state index is 6.31. The van der Waals surface area contributed by atoms with Crippen molar-refractivity contribution >= 4 is 28.9 Å². The molecule has 4 fully saturated rings. The molecule has 0 atom stereocenters. The van der Waals surface area contributed by atoms with Crippen LogP contribution in [0, 0.1) is 23.2 Å². The molecule has 146 valence electrons. The normalized spacial score (nSPS) is 31.2. The van der Waals surface area contributed by atoms with Gasteiger partial charge in [0.05, 0.1) is 5.71 Å². The Morgan fingerprint density at radius 1 is 0.929 bits per heavy atom. The van der Waals surface area contributed by atoms with Crippen LogP contribution < -0.4 is 0 Å². The lowest BCUT2D eigenvalue weighted by Crippen LogP contribution is -2.50. The van der Waals surface area contributed by atoms with Gasteiger partial charge in [-0.25, -0.2) is 0 Å². The van der Waals surface area contributed by atoms with Crippen molar-refractivity contribution in [3.8, 4) is 0 Å². The highest BCUT2D eigenvalue weighted by molar-refractivity contribution is 6.35. The first kappa shape index (κ1) is 18.5. The molecule has 0 aromatic heterocycles. The van der Waals surface area contributed by atoms with Gasteiger partial charge in [0.2, 0.25) is 0 Å². The van der Waals surface area contributed by atoms with E-state index in [0.717, 1.165) is 29.0 Å². The Kier molecular flexibility index (Phi) is 4.88. The third-order valence-electron chi connectivity index (χ3n) is 6.98. The molecule has 0 unspecified atom stereocenters. The molecule has 2 nitrogen and oxygen atoms in total. The molecule has 0 aliphatic heterocycles. The fraction of sp³-hybridized carbons (Fsp3) is 0.458. The lowest BCUT2D eigenvalue weighted by Gasteiger charge is -2.56. The number of hydrogen-bond acceptors (Lipinski definition) is 2. The monoisotopic (exact) mass is 413 g/mol. The van der Waals surface area contributed by atoms with E-state index in [1.54, 1.807) is 6.07 Å². The smallest absolute Gasteiger partial charge is 0.143 e. The molecular weight excluding hydrogens is 389 g/mol. The average molecular weight is 414 g/mol. The molecule has 0 amide bonds. The van der Waals surface area contributed by atoms with Crippen LogP contribution in [0.25, 0.3) is 0 Å². The van der Waals surface area contributed by atoms with Crippen LogP contribution in [0.15, 0.2) is 53.7 Å². The second-order valence-corrected chi connectivity index (χ2v) is 9.86. The Hall–Kier alpha value is -1.51. The third-order valence-corrected chi connectivity index (χ3v) is 7.57. The van der Waals surface area contributed by atoms with Gasteiger partial charge >= 0.3 is 0 Å². The van der Waals surface area contributed by atoms with Crippen molar-refractivity contribution in [3.63, 3.8) is 0 Å². The van der Waals surface area contributed by atoms with Gasteiger partial charge in [-0.3, -0.25) is 0 Å². The van der Waals surface area contributed by atoms with Crippen LogP contribution in [-0.2, 0) is 11.4 Å². The summed E-state index contributed by atoms with van der Waals surface area (Å²) >= 11 is 12.3. The minimum Gasteiger partial charge on any atom is -0.391 e. The average Bonchev–Trinajstić information content (AvgIpc) is 2.66. The Morgan fingerprint density at radius 3 is 2.18 bits per heavy atom. The van der Waals surface area contributed by atoms with Gasteiger partial charge in [0.15, 0.2) is 0 Å². The predicted octanol–water partition coefficient (Wildman–Crippen LogP) is 7.13. The molecular formula is C24H25Cl2NO. The highest BCUT2D eigenvalue weighted by atomic mass is 35.5. The lowest BCUT2D eigenvalue weighted by molar-refractivity contribution is -0.0148. The van der Waals surface area contributed by atoms with Crippen molar-refractivity contribution in [1.82, 2.24) is 0 Å². The first-order valence-corrected chi connectivity index (χ1v) is 11.1. The number of hydrogen-bond donors (Lipinski definition) is 0. The largest absolute Gasteiger partial charge is 0.391 e. The lowest BCUT2D eigenvalue weighted by atomic mass is 9.48. The topological polar surface area (TPSA) is 21.6 Å². The molecule has 0 N–H and O–H groups in total. The van der Waals surface area contributed by atoms with Gasteiger partial charge in [0.1, 0.15) is 6.61 Å². The summed E-state index contributed by atoms with van der Waals surface area (Å²) in [7, 11) is 0. The summed E-state index contributed by atoms with van der Waals surface area (Å²) in [5.74, 6) is 2.60. The summed E-state index contributed by atoms with van der Waals surface area (Å²) in [5, 5.41) is 6.03. The molecule has 0 radical (unpaired) electrons. The predicted molar refractivity (Wildman–Crippen MR) is 115 cm³/mol. The van der Waals surface area contributed by atoms with E-state index in [1.807, 2.05) is 12.1 Å². The van der Waals surface area contributed by atoms with Crippen molar-refractivity contribution in [2.75, 3.05) is 0 Å². The molecule has 4 saturated carbocycles. The van der Waals surface area contributed by atoms with E-state index in [0.29, 0.717) is 16.7 Å². The van der Waals surface area contributed by atoms with Gasteiger partial charge < -0.3 is 4.84 Å². The van der Waals surface area contributed by atoms with Crippen LogP contribution in [0.5, 0.6) is 0 Å². The minimum atomic E-state index is 0.180. The Labute approximate surface area is 176 Å². The van der Waals surface area contributed by atoms with E-state index < -0.39 is 0 Å². The van der Waals surface area contributed by atoms with Gasteiger partial charge in [0.25, 0.3) is 0 Å². The molecule has 2 aromatic carbocycles. The number of rotatable bonds is 5. The molecule has 6 rings (SSSR count). The van der Waals surface area contributed by atoms with Gasteiger partial charge in [-0.1, -0.05) is 64.8 Å². The minimum absolute atomic E-state index is 0.180. The first-order valence-electron chi connectivity index (χ1n) is 10.3. The summed E-state index contributed by atoms with van der Waals surface area (Å²) in [6.07, 6.45) is 8.04. The molecule has 4 aliphatic carbocycles. The Balaban J connectivity index is 1.45. The van der Waals surface area contributed by atoms with E-state index in [9.17, 15) is 0 Å². The third kappa shape index (κ3) is 3.46. The van der Waals surface area contributed by atoms with E-state index in [2.05, 4.69) is 30.3 Å². The van der Waals surface area contributed by atoms with Crippen LogP contribution in [0.1, 0.15) is 49.7 Å². The second kappa shape index (κ2) is 7.39. The zero-order valence-electron chi connectivity index (χ0n) is 15.9. The molecule has 2 aromatic rings. The number of nitrogens with zero attached hydrogens (tertiary/aromatic N) is 1. The van der Waals surface area contributed by atoms with Crippen molar-refractivity contribution in [2.45, 2.75) is 45.1 Å². The zero-order chi connectivity index (χ0) is 19.1. The molecule has 4 bridgehead atoms. The quantitative estimate of drug-likeness (QED) is 0.377. The number of halogens is 2. The van der Waals surface area contributed by atoms with E-state index >= 15 is 0 Å². The fourth-order valence-electron chi connectivity index (χ4n) is 6.26. The van der Waals surface area contributed by atoms with E-state index in [1.165, 1.54) is 44.1 Å². The van der Waals surface area contributed by atoms with Crippen LogP contribution in [-0.4, -0.2) is 5.71 Å². The summed E-state index contributed by atoms with van der Waals surface area (Å²) in [4.78, 5) is 5.91. The second-order valence-electron chi connectivity index (χ2n) is 9.01. The highest BCUT2D eigenvalue weighted by Crippen LogP contribution is 2.61. The Morgan fingerprint density at radius 2 is 1.57 bits per heavy atom. The van der Waals surface area contributed by atoms with Gasteiger partial charge in [-0.15, -0.1) is 0 Å². The van der Waals surface area contributed by atoms with Crippen molar-refractivity contribution < 1.29 is 4.84 Å². The highest BCUT2D eigenvalue weighted by Gasteiger charge is 2.53. The summed E-state index contributed by atoms with van der Waals surface area (Å²) in [6.45, 7) is 0.360. The van der Waals surface area contributed by atoms with Gasteiger partial charge in [-0.05, 0) is 74.0 Å². The van der Waals surface area contributed by atoms with Crippen LogP contribution in [0.2, 0.25) is 10.0 Å². The standard InChI is InChI=1S/C24H25Cl2NO/c25-21-7-6-20(22(26)11-21)15-28-27-23(19-4-2-1-3-5-19)24-12-16-8-17(13-24)10-18(9-16)14-24/h1-7,11,16-18H,8-10,12-15H2/b27-23-. The SMILES string of the molecule is Clc1ccc(CO/N=C(/c2ccccc2)C23CC4CC(CC(C4)C2)C3)c(Cl)c1. The van der Waals surface area contributed by atoms with Crippen molar-refractivity contribution in [3.05, 3.63) is 69.7 Å². The molecule has 0 spiro atoms. The number of oxime groups is 1. The molecule has 0 saturated heterocycles. The van der Waals surface area contributed by atoms with Gasteiger partial charge in [0, 0.05) is 21.0 Å². The molecule has 4 heteroatoms. The molecule has 0 heterocycles. The summed E-state index contributed by atoms with van der Waals surface area (Å²) in [5.41, 5.74) is 3.44. The summed E-state index contributed by atoms with van der Waals surface area (Å²) in [6, 6.07) is 16.1. The van der Waals surface area contributed by atoms with Crippen molar-refractivity contribution in [2.24, 2.45) is 28.3 Å². The first-order chi connectivity index (χ1) is 13.6. The molecule has 28 heavy (non-hydrogen) atoms. The Bertz CT molecular complexity index is 857. The summed E-state index contributed by atoms with van der Waals surface area (Å²) < 4.78 is 0. The maximum Gasteiger partial charge on any atom is 0.143 e. The number of benzene rings is 2. The van der Waals surface area contributed by atoms with Crippen LogP contribution in [0.3, 0.4) is 0 Å². The fourth-order valence-corrected chi connectivity index (χ4v) is 6.72. The molecule has 4 aliphatic rings.